The maximum Gasteiger partial charge on any atom is 0.201 e. The lowest BCUT2D eigenvalue weighted by Gasteiger charge is -2.37. The Bertz CT molecular complexity index is 866. The van der Waals surface area contributed by atoms with E-state index in [1.165, 1.54) is 56.6 Å². The first-order chi connectivity index (χ1) is 15.6. The van der Waals surface area contributed by atoms with Gasteiger partial charge < -0.3 is 4.74 Å². The second-order valence-corrected chi connectivity index (χ2v) is 13.4. The third kappa shape index (κ3) is 5.27. The first-order valence-electron chi connectivity index (χ1n) is 12.8. The van der Waals surface area contributed by atoms with Crippen molar-refractivity contribution in [1.82, 2.24) is 0 Å². The number of hydrogen-bond donors (Lipinski definition) is 0. The highest BCUT2D eigenvalue weighted by atomic mass is 28.3. The fraction of sp³-hybridized carbons (Fsp3) is 0.571. The summed E-state index contributed by atoms with van der Waals surface area (Å²) in [6.07, 6.45) is 9.65. The topological polar surface area (TPSA) is 9.23 Å². The maximum absolute atomic E-state index is 14.6. The minimum Gasteiger partial charge on any atom is -0.491 e. The van der Waals surface area contributed by atoms with Crippen LogP contribution in [0.5, 0.6) is 5.75 Å². The highest BCUT2D eigenvalue weighted by molar-refractivity contribution is 6.58. The van der Waals surface area contributed by atoms with Crippen molar-refractivity contribution >= 4 is 8.80 Å². The Kier molecular flexibility index (Phi) is 8.04. The van der Waals surface area contributed by atoms with E-state index in [4.69, 9.17) is 4.74 Å². The van der Waals surface area contributed by atoms with Crippen LogP contribution in [0.2, 0.25) is 18.1 Å². The smallest absolute Gasteiger partial charge is 0.201 e. The van der Waals surface area contributed by atoms with Gasteiger partial charge >= 0.3 is 0 Å². The van der Waals surface area contributed by atoms with Gasteiger partial charge in [0, 0.05) is 14.4 Å². The van der Waals surface area contributed by atoms with Crippen molar-refractivity contribution < 1.29 is 13.5 Å². The Morgan fingerprint density at radius 1 is 0.812 bits per heavy atom. The quantitative estimate of drug-likeness (QED) is 0.380. The molecule has 2 aromatic carbocycles. The van der Waals surface area contributed by atoms with Crippen LogP contribution in [-0.2, 0) is 0 Å². The van der Waals surface area contributed by atoms with Crippen molar-refractivity contribution in [2.75, 3.05) is 6.61 Å². The summed E-state index contributed by atoms with van der Waals surface area (Å²) in [5.41, 5.74) is 2.36. The SMILES string of the molecule is CCC[SiH]1CCC(C2CCC(c3ccc(-c4ccc(OCC)c(F)c4F)cc3)CC2)CC1. The molecular formula is C28H38F2OSi. The average molecular weight is 457 g/mol. The monoisotopic (exact) mass is 456 g/mol. The minimum atomic E-state index is -0.904. The van der Waals surface area contributed by atoms with Gasteiger partial charge in [-0.2, -0.15) is 4.39 Å². The Balaban J connectivity index is 1.34. The van der Waals surface area contributed by atoms with Gasteiger partial charge in [-0.25, -0.2) is 4.39 Å². The van der Waals surface area contributed by atoms with E-state index in [1.54, 1.807) is 31.1 Å². The molecule has 1 saturated carbocycles. The number of benzene rings is 2. The van der Waals surface area contributed by atoms with E-state index in [1.807, 2.05) is 12.1 Å². The van der Waals surface area contributed by atoms with Gasteiger partial charge in [-0.05, 0) is 73.6 Å². The lowest BCUT2D eigenvalue weighted by atomic mass is 9.72. The lowest BCUT2D eigenvalue weighted by molar-refractivity contribution is 0.216. The molecule has 0 amide bonds. The number of rotatable bonds is 7. The molecule has 0 unspecified atom stereocenters. The van der Waals surface area contributed by atoms with Crippen LogP contribution >= 0.6 is 0 Å². The highest BCUT2D eigenvalue weighted by Crippen LogP contribution is 2.44. The second-order valence-electron chi connectivity index (χ2n) is 9.98. The van der Waals surface area contributed by atoms with E-state index in [2.05, 4.69) is 19.1 Å². The zero-order valence-electron chi connectivity index (χ0n) is 19.7. The van der Waals surface area contributed by atoms with Gasteiger partial charge in [-0.3, -0.25) is 0 Å². The predicted molar refractivity (Wildman–Crippen MR) is 132 cm³/mol. The minimum absolute atomic E-state index is 0.0247. The summed E-state index contributed by atoms with van der Waals surface area (Å²) >= 11 is 0. The molecule has 1 heterocycles. The molecule has 0 N–H and O–H groups in total. The van der Waals surface area contributed by atoms with Gasteiger partial charge in [-0.1, -0.05) is 68.6 Å². The van der Waals surface area contributed by atoms with Crippen molar-refractivity contribution in [2.24, 2.45) is 11.8 Å². The fourth-order valence-electron chi connectivity index (χ4n) is 6.24. The van der Waals surface area contributed by atoms with Gasteiger partial charge in [0.05, 0.1) is 6.61 Å². The largest absolute Gasteiger partial charge is 0.491 e. The molecule has 1 nitrogen and oxygen atoms in total. The van der Waals surface area contributed by atoms with E-state index >= 15 is 0 Å². The van der Waals surface area contributed by atoms with Crippen LogP contribution in [0.25, 0.3) is 11.1 Å². The summed E-state index contributed by atoms with van der Waals surface area (Å²) in [5.74, 6) is 0.759. The molecule has 4 rings (SSSR count). The third-order valence-electron chi connectivity index (χ3n) is 8.07. The van der Waals surface area contributed by atoms with Gasteiger partial charge in [0.25, 0.3) is 0 Å². The van der Waals surface area contributed by atoms with Gasteiger partial charge in [-0.15, -0.1) is 0 Å². The maximum atomic E-state index is 14.6. The van der Waals surface area contributed by atoms with E-state index in [0.717, 1.165) is 17.4 Å². The van der Waals surface area contributed by atoms with Crippen LogP contribution in [0, 0.1) is 23.5 Å². The predicted octanol–water partition coefficient (Wildman–Crippen LogP) is 8.35. The van der Waals surface area contributed by atoms with Crippen LogP contribution < -0.4 is 4.74 Å². The van der Waals surface area contributed by atoms with E-state index < -0.39 is 11.6 Å². The summed E-state index contributed by atoms with van der Waals surface area (Å²) < 4.78 is 34.0. The lowest BCUT2D eigenvalue weighted by Crippen LogP contribution is -2.28. The molecule has 2 aromatic rings. The summed E-state index contributed by atoms with van der Waals surface area (Å²) in [7, 11) is -0.382. The van der Waals surface area contributed by atoms with Crippen LogP contribution in [0.3, 0.4) is 0 Å². The molecule has 1 aliphatic carbocycles. The zero-order valence-corrected chi connectivity index (χ0v) is 20.9. The van der Waals surface area contributed by atoms with E-state index in [0.29, 0.717) is 18.1 Å². The molecule has 4 heteroatoms. The van der Waals surface area contributed by atoms with Crippen molar-refractivity contribution in [3.8, 4) is 16.9 Å². The van der Waals surface area contributed by atoms with Crippen molar-refractivity contribution in [3.63, 3.8) is 0 Å². The standard InChI is InChI=1S/C28H38F2OSi/c1-3-17-32-18-15-23(16-19-32)22-7-5-20(6-8-22)21-9-11-24(12-10-21)25-13-14-26(31-4-2)28(30)27(25)29/h9-14,20,22-23,32H,3-8,15-19H2,1-2H3. The molecule has 32 heavy (non-hydrogen) atoms. The highest BCUT2D eigenvalue weighted by Gasteiger charge is 2.31. The first-order valence-corrected chi connectivity index (χ1v) is 15.3. The molecule has 0 radical (unpaired) electrons. The summed E-state index contributed by atoms with van der Waals surface area (Å²) in [5, 5.41) is 0. The molecular weight excluding hydrogens is 418 g/mol. The Morgan fingerprint density at radius 2 is 1.47 bits per heavy atom. The van der Waals surface area contributed by atoms with Gasteiger partial charge in [0.1, 0.15) is 0 Å². The van der Waals surface area contributed by atoms with Crippen molar-refractivity contribution in [1.29, 1.82) is 0 Å². The van der Waals surface area contributed by atoms with E-state index in [9.17, 15) is 8.78 Å². The van der Waals surface area contributed by atoms with Crippen LogP contribution in [0.4, 0.5) is 8.78 Å². The first kappa shape index (κ1) is 23.5. The molecule has 0 aromatic heterocycles. The summed E-state index contributed by atoms with van der Waals surface area (Å²) in [6.45, 7) is 4.42. The average Bonchev–Trinajstić information content (AvgIpc) is 2.83. The van der Waals surface area contributed by atoms with Crippen LogP contribution in [0.1, 0.15) is 70.3 Å². The van der Waals surface area contributed by atoms with Crippen LogP contribution in [-0.4, -0.2) is 15.4 Å². The Hall–Kier alpha value is -1.68. The molecule has 1 saturated heterocycles. The number of hydrogen-bond acceptors (Lipinski definition) is 1. The molecule has 0 bridgehead atoms. The van der Waals surface area contributed by atoms with E-state index in [-0.39, 0.29) is 14.5 Å². The fourth-order valence-corrected chi connectivity index (χ4v) is 9.72. The Labute approximate surface area is 194 Å². The van der Waals surface area contributed by atoms with Gasteiger partial charge in [0.2, 0.25) is 5.82 Å². The number of ether oxygens (including phenoxy) is 1. The number of halogens is 2. The van der Waals surface area contributed by atoms with Crippen LogP contribution in [0.15, 0.2) is 36.4 Å². The molecule has 0 spiro atoms. The van der Waals surface area contributed by atoms with Crippen molar-refractivity contribution in [2.45, 2.75) is 82.8 Å². The molecule has 174 valence electrons. The third-order valence-corrected chi connectivity index (χ3v) is 11.8. The molecule has 1 aliphatic heterocycles. The summed E-state index contributed by atoms with van der Waals surface area (Å²) in [4.78, 5) is 0. The van der Waals surface area contributed by atoms with Gasteiger partial charge in [0.15, 0.2) is 11.6 Å². The molecule has 0 atom stereocenters. The van der Waals surface area contributed by atoms with Crippen molar-refractivity contribution in [3.05, 3.63) is 53.6 Å². The molecule has 2 aliphatic rings. The zero-order chi connectivity index (χ0) is 22.5. The Morgan fingerprint density at radius 3 is 2.09 bits per heavy atom. The second kappa shape index (κ2) is 11.0. The summed E-state index contributed by atoms with van der Waals surface area (Å²) in [6, 6.07) is 16.0. The normalized spacial score (nSPS) is 26.1. The molecule has 2 fully saturated rings.